The molecular weight excluding hydrogens is 276 g/mol. The van der Waals surface area contributed by atoms with Crippen LogP contribution in [0.3, 0.4) is 0 Å². The summed E-state index contributed by atoms with van der Waals surface area (Å²) in [5, 5.41) is 22.7. The van der Waals surface area contributed by atoms with Crippen molar-refractivity contribution in [2.45, 2.75) is 58.0 Å². The Morgan fingerprint density at radius 1 is 1.14 bits per heavy atom. The van der Waals surface area contributed by atoms with E-state index in [1.54, 1.807) is 0 Å². The van der Waals surface area contributed by atoms with Gasteiger partial charge < -0.3 is 20.8 Å². The van der Waals surface area contributed by atoms with Gasteiger partial charge in [-0.15, -0.1) is 0 Å². The van der Waals surface area contributed by atoms with Crippen molar-refractivity contribution in [2.24, 2.45) is 11.8 Å². The Hall–Kier alpha value is -1.79. The maximum atomic E-state index is 11.8. The van der Waals surface area contributed by atoms with Crippen molar-refractivity contribution in [3.63, 3.8) is 0 Å². The van der Waals surface area contributed by atoms with Gasteiger partial charge in [0.05, 0.1) is 0 Å². The first kappa shape index (κ1) is 17.3. The van der Waals surface area contributed by atoms with Crippen LogP contribution in [0.4, 0.5) is 4.79 Å². The van der Waals surface area contributed by atoms with Gasteiger partial charge in [0.2, 0.25) is 0 Å². The van der Waals surface area contributed by atoms with Crippen molar-refractivity contribution in [2.75, 3.05) is 0 Å². The molecule has 2 amide bonds. The summed E-state index contributed by atoms with van der Waals surface area (Å²) in [6.07, 6.45) is 2.37. The van der Waals surface area contributed by atoms with Crippen molar-refractivity contribution in [3.8, 4) is 0 Å². The number of hydrogen-bond acceptors (Lipinski definition) is 3. The third-order valence-electron chi connectivity index (χ3n) is 4.18. The smallest absolute Gasteiger partial charge is 0.326 e. The first-order valence-electron chi connectivity index (χ1n) is 7.31. The fourth-order valence-corrected chi connectivity index (χ4v) is 2.59. The fraction of sp³-hybridized carbons (Fsp3) is 0.786. The second-order valence-corrected chi connectivity index (χ2v) is 5.91. The standard InChI is InChI=1S/C14H24N2O5/c1-8-3-4-10(7-9(8)2)15-14(21)16-11(13(19)20)5-6-12(17)18/h8-11H,3-7H2,1-2H3,(H,17,18)(H,19,20)(H2,15,16,21). The summed E-state index contributed by atoms with van der Waals surface area (Å²) in [4.78, 5) is 33.3. The average Bonchev–Trinajstić information content (AvgIpc) is 2.38. The lowest BCUT2D eigenvalue weighted by molar-refractivity contribution is -0.140. The van der Waals surface area contributed by atoms with E-state index in [1.165, 1.54) is 0 Å². The highest BCUT2D eigenvalue weighted by atomic mass is 16.4. The van der Waals surface area contributed by atoms with E-state index in [0.717, 1.165) is 19.3 Å². The van der Waals surface area contributed by atoms with Crippen LogP contribution >= 0.6 is 0 Å². The molecule has 0 spiro atoms. The number of carbonyl (C=O) groups excluding carboxylic acids is 1. The largest absolute Gasteiger partial charge is 0.481 e. The highest BCUT2D eigenvalue weighted by Gasteiger charge is 2.27. The van der Waals surface area contributed by atoms with E-state index in [-0.39, 0.29) is 18.9 Å². The summed E-state index contributed by atoms with van der Waals surface area (Å²) in [6, 6.07) is -1.68. The van der Waals surface area contributed by atoms with Gasteiger partial charge in [-0.25, -0.2) is 9.59 Å². The Balaban J connectivity index is 2.43. The molecule has 0 saturated heterocycles. The molecule has 0 aliphatic heterocycles. The monoisotopic (exact) mass is 300 g/mol. The van der Waals surface area contributed by atoms with Crippen molar-refractivity contribution < 1.29 is 24.6 Å². The first-order chi connectivity index (χ1) is 9.79. The van der Waals surface area contributed by atoms with Crippen LogP contribution in [0, 0.1) is 11.8 Å². The molecule has 0 heterocycles. The molecule has 120 valence electrons. The number of rotatable bonds is 6. The summed E-state index contributed by atoms with van der Waals surface area (Å²) in [7, 11) is 0. The number of amides is 2. The summed E-state index contributed by atoms with van der Waals surface area (Å²) >= 11 is 0. The number of nitrogens with one attached hydrogen (secondary N) is 2. The van der Waals surface area contributed by atoms with Crippen LogP contribution < -0.4 is 10.6 Å². The zero-order valence-electron chi connectivity index (χ0n) is 12.5. The predicted molar refractivity (Wildman–Crippen MR) is 75.9 cm³/mol. The molecular formula is C14H24N2O5. The SMILES string of the molecule is CC1CCC(NC(=O)NC(CCC(=O)O)C(=O)O)CC1C. The maximum absolute atomic E-state index is 11.8. The molecule has 1 fully saturated rings. The number of carboxylic acids is 2. The van der Waals surface area contributed by atoms with E-state index in [9.17, 15) is 14.4 Å². The van der Waals surface area contributed by atoms with Crippen molar-refractivity contribution >= 4 is 18.0 Å². The predicted octanol–water partition coefficient (Wildman–Crippen LogP) is 1.43. The minimum absolute atomic E-state index is 0.0464. The molecule has 1 aliphatic carbocycles. The lowest BCUT2D eigenvalue weighted by Gasteiger charge is -2.32. The number of aliphatic carboxylic acids is 2. The third kappa shape index (κ3) is 6.01. The molecule has 4 unspecified atom stereocenters. The molecule has 1 aliphatic rings. The number of urea groups is 1. The van der Waals surface area contributed by atoms with E-state index in [2.05, 4.69) is 24.5 Å². The molecule has 0 radical (unpaired) electrons. The van der Waals surface area contributed by atoms with E-state index < -0.39 is 24.0 Å². The number of hydrogen-bond donors (Lipinski definition) is 4. The molecule has 21 heavy (non-hydrogen) atoms. The summed E-state index contributed by atoms with van der Waals surface area (Å²) in [5.41, 5.74) is 0. The second kappa shape index (κ2) is 7.85. The van der Waals surface area contributed by atoms with Crippen LogP contribution in [0.25, 0.3) is 0 Å². The van der Waals surface area contributed by atoms with Crippen LogP contribution in [-0.2, 0) is 9.59 Å². The van der Waals surface area contributed by atoms with Gasteiger partial charge in [0.15, 0.2) is 0 Å². The Morgan fingerprint density at radius 3 is 2.33 bits per heavy atom. The van der Waals surface area contributed by atoms with E-state index >= 15 is 0 Å². The van der Waals surface area contributed by atoms with Crippen molar-refractivity contribution in [1.29, 1.82) is 0 Å². The topological polar surface area (TPSA) is 116 Å². The normalized spacial score (nSPS) is 26.7. The molecule has 0 aromatic heterocycles. The fourth-order valence-electron chi connectivity index (χ4n) is 2.59. The average molecular weight is 300 g/mol. The number of carboxylic acid groups (broad SMARTS) is 2. The molecule has 1 rings (SSSR count). The van der Waals surface area contributed by atoms with E-state index in [4.69, 9.17) is 10.2 Å². The van der Waals surface area contributed by atoms with Gasteiger partial charge in [0.1, 0.15) is 6.04 Å². The Kier molecular flexibility index (Phi) is 6.45. The van der Waals surface area contributed by atoms with Gasteiger partial charge in [-0.05, 0) is 37.5 Å². The minimum Gasteiger partial charge on any atom is -0.481 e. The maximum Gasteiger partial charge on any atom is 0.326 e. The van der Waals surface area contributed by atoms with Crippen LogP contribution in [0.1, 0.15) is 46.0 Å². The van der Waals surface area contributed by atoms with Crippen LogP contribution in [0.5, 0.6) is 0 Å². The molecule has 7 nitrogen and oxygen atoms in total. The van der Waals surface area contributed by atoms with Gasteiger partial charge in [-0.3, -0.25) is 4.79 Å². The first-order valence-corrected chi connectivity index (χ1v) is 7.31. The van der Waals surface area contributed by atoms with Gasteiger partial charge >= 0.3 is 18.0 Å². The van der Waals surface area contributed by atoms with Gasteiger partial charge in [0, 0.05) is 12.5 Å². The molecule has 4 atom stereocenters. The molecule has 1 saturated carbocycles. The summed E-state index contributed by atoms with van der Waals surface area (Å²) in [6.45, 7) is 4.33. The minimum atomic E-state index is -1.22. The molecule has 7 heteroatoms. The van der Waals surface area contributed by atoms with Crippen molar-refractivity contribution in [1.82, 2.24) is 10.6 Å². The Bertz CT molecular complexity index is 399. The zero-order valence-corrected chi connectivity index (χ0v) is 12.5. The summed E-state index contributed by atoms with van der Waals surface area (Å²) in [5.74, 6) is -1.16. The highest BCUT2D eigenvalue weighted by molar-refractivity contribution is 5.83. The van der Waals surface area contributed by atoms with Crippen LogP contribution in [0.15, 0.2) is 0 Å². The van der Waals surface area contributed by atoms with Crippen LogP contribution in [0.2, 0.25) is 0 Å². The molecule has 4 N–H and O–H groups in total. The second-order valence-electron chi connectivity index (χ2n) is 5.91. The molecule has 0 aromatic rings. The molecule has 0 bridgehead atoms. The van der Waals surface area contributed by atoms with Crippen molar-refractivity contribution in [3.05, 3.63) is 0 Å². The Labute approximate surface area is 124 Å². The third-order valence-corrected chi connectivity index (χ3v) is 4.18. The van der Waals surface area contributed by atoms with Crippen LogP contribution in [-0.4, -0.2) is 40.3 Å². The quantitative estimate of drug-likeness (QED) is 0.592. The van der Waals surface area contributed by atoms with E-state index in [0.29, 0.717) is 11.8 Å². The lowest BCUT2D eigenvalue weighted by Crippen LogP contribution is -2.50. The highest BCUT2D eigenvalue weighted by Crippen LogP contribution is 2.29. The zero-order chi connectivity index (χ0) is 16.0. The van der Waals surface area contributed by atoms with Gasteiger partial charge in [0.25, 0.3) is 0 Å². The lowest BCUT2D eigenvalue weighted by atomic mass is 9.79. The number of carbonyl (C=O) groups is 3. The van der Waals surface area contributed by atoms with Gasteiger partial charge in [-0.1, -0.05) is 13.8 Å². The van der Waals surface area contributed by atoms with E-state index in [1.807, 2.05) is 0 Å². The molecule has 0 aromatic carbocycles. The Morgan fingerprint density at radius 2 is 1.81 bits per heavy atom. The summed E-state index contributed by atoms with van der Waals surface area (Å²) < 4.78 is 0. The van der Waals surface area contributed by atoms with Gasteiger partial charge in [-0.2, -0.15) is 0 Å².